The minimum absolute atomic E-state index is 0.0529. The van der Waals surface area contributed by atoms with Gasteiger partial charge in [0.1, 0.15) is 0 Å². The Balaban J connectivity index is 1.34. The Morgan fingerprint density at radius 1 is 1.28 bits per heavy atom. The number of piperidine rings is 1. The maximum Gasteiger partial charge on any atom is 0.251 e. The summed E-state index contributed by atoms with van der Waals surface area (Å²) < 4.78 is 7.51. The number of ether oxygens (including phenoxy) is 1. The number of likely N-dealkylation sites (tertiary alicyclic amines) is 1. The van der Waals surface area contributed by atoms with Gasteiger partial charge in [-0.15, -0.1) is 5.10 Å². The summed E-state index contributed by atoms with van der Waals surface area (Å²) in [6.07, 6.45) is 6.83. The number of carbonyl (C=O) groups is 1. The molecule has 2 aromatic heterocycles. The van der Waals surface area contributed by atoms with Gasteiger partial charge < -0.3 is 10.1 Å². The zero-order chi connectivity index (χ0) is 16.8. The molecule has 0 aromatic carbocycles. The molecular weight excluding hydrogens is 320 g/mol. The van der Waals surface area contributed by atoms with Crippen molar-refractivity contribution in [2.45, 2.75) is 43.9 Å². The molecule has 0 radical (unpaired) electrons. The molecule has 25 heavy (non-hydrogen) atoms. The molecule has 2 aromatic rings. The highest BCUT2D eigenvalue weighted by atomic mass is 16.5. The highest BCUT2D eigenvalue weighted by Crippen LogP contribution is 2.42. The van der Waals surface area contributed by atoms with E-state index in [1.807, 2.05) is 0 Å². The van der Waals surface area contributed by atoms with E-state index in [1.54, 1.807) is 22.8 Å². The number of tetrazole rings is 1. The number of fused-ring (bicyclic) bond motifs is 2. The Hall–Kier alpha value is -2.06. The van der Waals surface area contributed by atoms with Gasteiger partial charge in [-0.05, 0) is 54.9 Å². The van der Waals surface area contributed by atoms with E-state index in [-0.39, 0.29) is 18.1 Å². The molecule has 2 aliphatic heterocycles. The highest BCUT2D eigenvalue weighted by molar-refractivity contribution is 5.95. The fourth-order valence-corrected chi connectivity index (χ4v) is 4.64. The number of pyridine rings is 1. The first-order chi connectivity index (χ1) is 12.3. The average molecular weight is 342 g/mol. The van der Waals surface area contributed by atoms with E-state index in [1.165, 1.54) is 19.3 Å². The van der Waals surface area contributed by atoms with Gasteiger partial charge in [-0.3, -0.25) is 9.69 Å². The predicted octanol–water partition coefficient (Wildman–Crippen LogP) is 0.496. The van der Waals surface area contributed by atoms with Crippen molar-refractivity contribution < 1.29 is 9.53 Å². The molecule has 1 aliphatic carbocycles. The van der Waals surface area contributed by atoms with Gasteiger partial charge in [-0.2, -0.15) is 0 Å². The maximum absolute atomic E-state index is 12.8. The van der Waals surface area contributed by atoms with Crippen molar-refractivity contribution in [1.29, 1.82) is 0 Å². The molecule has 3 aliphatic rings. The van der Waals surface area contributed by atoms with Crippen LogP contribution in [0.3, 0.4) is 0 Å². The van der Waals surface area contributed by atoms with E-state index in [4.69, 9.17) is 4.74 Å². The van der Waals surface area contributed by atoms with Gasteiger partial charge >= 0.3 is 0 Å². The van der Waals surface area contributed by atoms with Crippen LogP contribution in [0, 0.1) is 5.92 Å². The lowest BCUT2D eigenvalue weighted by molar-refractivity contribution is -0.0862. The molecule has 0 spiro atoms. The van der Waals surface area contributed by atoms with Crippen LogP contribution < -0.4 is 5.32 Å². The summed E-state index contributed by atoms with van der Waals surface area (Å²) >= 11 is 0. The van der Waals surface area contributed by atoms with Crippen LogP contribution in [0.4, 0.5) is 0 Å². The number of aromatic nitrogens is 4. The quantitative estimate of drug-likeness (QED) is 0.874. The van der Waals surface area contributed by atoms with Gasteiger partial charge in [0.05, 0.1) is 18.2 Å². The minimum Gasteiger partial charge on any atom is -0.376 e. The van der Waals surface area contributed by atoms with Crippen molar-refractivity contribution in [2.75, 3.05) is 19.7 Å². The second-order valence-corrected chi connectivity index (χ2v) is 7.27. The standard InChI is InChI=1S/C17H22N6O2/c24-17(11-4-8-23-13(10-11)19-20-21-23)18-14-12-5-9-25-16(12)15(14)22-6-2-1-3-7-22/h4,8,10,12,14-16H,1-3,5-7,9H2,(H,18,24)/t12-,14+,15-,16-/m1/s1. The number of carbonyl (C=O) groups excluding carboxylic acids is 1. The summed E-state index contributed by atoms with van der Waals surface area (Å²) in [5.74, 6) is 0.386. The third kappa shape index (κ3) is 2.51. The van der Waals surface area contributed by atoms with Gasteiger partial charge in [-0.25, -0.2) is 4.52 Å². The molecule has 1 N–H and O–H groups in total. The van der Waals surface area contributed by atoms with Crippen LogP contribution >= 0.6 is 0 Å². The van der Waals surface area contributed by atoms with Gasteiger partial charge in [0.2, 0.25) is 0 Å². The number of nitrogens with zero attached hydrogens (tertiary/aromatic N) is 5. The summed E-state index contributed by atoms with van der Waals surface area (Å²) in [6.45, 7) is 3.03. The zero-order valence-electron chi connectivity index (χ0n) is 14.0. The first-order valence-electron chi connectivity index (χ1n) is 9.15. The van der Waals surface area contributed by atoms with Gasteiger partial charge in [0.15, 0.2) is 5.65 Å². The van der Waals surface area contributed by atoms with E-state index in [2.05, 4.69) is 25.7 Å². The van der Waals surface area contributed by atoms with Gasteiger partial charge in [-0.1, -0.05) is 6.42 Å². The van der Waals surface area contributed by atoms with Crippen molar-refractivity contribution in [3.63, 3.8) is 0 Å². The van der Waals surface area contributed by atoms with E-state index < -0.39 is 0 Å². The molecule has 5 rings (SSSR count). The maximum atomic E-state index is 12.8. The first-order valence-corrected chi connectivity index (χ1v) is 9.15. The third-order valence-electron chi connectivity index (χ3n) is 5.92. The second kappa shape index (κ2) is 6.03. The lowest BCUT2D eigenvalue weighted by Gasteiger charge is -2.53. The van der Waals surface area contributed by atoms with Crippen molar-refractivity contribution in [3.8, 4) is 0 Å². The Morgan fingerprint density at radius 3 is 3.04 bits per heavy atom. The second-order valence-electron chi connectivity index (χ2n) is 7.27. The summed E-state index contributed by atoms with van der Waals surface area (Å²) in [5.41, 5.74) is 1.18. The van der Waals surface area contributed by atoms with Crippen LogP contribution in [0.15, 0.2) is 18.3 Å². The zero-order valence-corrected chi connectivity index (χ0v) is 14.0. The monoisotopic (exact) mass is 342 g/mol. The van der Waals surface area contributed by atoms with Crippen molar-refractivity contribution in [1.82, 2.24) is 30.3 Å². The number of rotatable bonds is 3. The van der Waals surface area contributed by atoms with Crippen LogP contribution in [0.25, 0.3) is 5.65 Å². The SMILES string of the molecule is O=C(N[C@H]1[C@H]2CCO[C@H]2[C@@H]1N1CCCCC1)c1ccn2nnnc2c1. The third-order valence-corrected chi connectivity index (χ3v) is 5.92. The number of nitrogens with one attached hydrogen (secondary N) is 1. The Labute approximate surface area is 145 Å². The van der Waals surface area contributed by atoms with E-state index >= 15 is 0 Å². The average Bonchev–Trinajstić information content (AvgIpc) is 3.27. The molecule has 0 bridgehead atoms. The van der Waals surface area contributed by atoms with Crippen LogP contribution in [0.5, 0.6) is 0 Å². The minimum atomic E-state index is -0.0529. The molecular formula is C17H22N6O2. The molecule has 8 heteroatoms. The van der Waals surface area contributed by atoms with Crippen LogP contribution in [-0.2, 0) is 4.74 Å². The van der Waals surface area contributed by atoms with E-state index in [9.17, 15) is 4.79 Å². The van der Waals surface area contributed by atoms with Crippen LogP contribution in [0.2, 0.25) is 0 Å². The number of hydrogen-bond donors (Lipinski definition) is 1. The fourth-order valence-electron chi connectivity index (χ4n) is 4.64. The predicted molar refractivity (Wildman–Crippen MR) is 89.1 cm³/mol. The first kappa shape index (κ1) is 15.2. The molecule has 8 nitrogen and oxygen atoms in total. The summed E-state index contributed by atoms with van der Waals surface area (Å²) in [5, 5.41) is 14.6. The molecule has 2 saturated heterocycles. The number of hydrogen-bond acceptors (Lipinski definition) is 6. The van der Waals surface area contributed by atoms with Crippen molar-refractivity contribution in [3.05, 3.63) is 23.9 Å². The summed E-state index contributed by atoms with van der Waals surface area (Å²) in [6, 6.07) is 3.98. The topological polar surface area (TPSA) is 84.7 Å². The van der Waals surface area contributed by atoms with Gasteiger partial charge in [0, 0.05) is 24.3 Å². The van der Waals surface area contributed by atoms with Crippen molar-refractivity contribution in [2.24, 2.45) is 5.92 Å². The van der Waals surface area contributed by atoms with Crippen LogP contribution in [-0.4, -0.2) is 68.7 Å². The lowest BCUT2D eigenvalue weighted by Crippen LogP contribution is -2.71. The highest BCUT2D eigenvalue weighted by Gasteiger charge is 2.56. The van der Waals surface area contributed by atoms with Crippen molar-refractivity contribution >= 4 is 11.6 Å². The van der Waals surface area contributed by atoms with E-state index in [0.29, 0.717) is 23.2 Å². The lowest BCUT2D eigenvalue weighted by atomic mass is 9.70. The smallest absolute Gasteiger partial charge is 0.251 e. The summed E-state index contributed by atoms with van der Waals surface area (Å²) in [7, 11) is 0. The molecule has 1 saturated carbocycles. The fraction of sp³-hybridized carbons (Fsp3) is 0.647. The number of amides is 1. The van der Waals surface area contributed by atoms with Gasteiger partial charge in [0.25, 0.3) is 5.91 Å². The normalized spacial score (nSPS) is 32.3. The van der Waals surface area contributed by atoms with Crippen LogP contribution in [0.1, 0.15) is 36.0 Å². The molecule has 0 unspecified atom stereocenters. The van der Waals surface area contributed by atoms with E-state index in [0.717, 1.165) is 26.1 Å². The molecule has 3 fully saturated rings. The molecule has 4 heterocycles. The Kier molecular flexibility index (Phi) is 3.67. The Bertz CT molecular complexity index is 786. The molecule has 4 atom stereocenters. The Morgan fingerprint density at radius 2 is 2.16 bits per heavy atom. The molecule has 132 valence electrons. The molecule has 1 amide bonds. The summed E-state index contributed by atoms with van der Waals surface area (Å²) in [4.78, 5) is 15.3. The largest absolute Gasteiger partial charge is 0.376 e.